The largest absolute Gasteiger partial charge is 0.507 e. The van der Waals surface area contributed by atoms with Gasteiger partial charge in [-0.05, 0) is 42.7 Å². The second-order valence-electron chi connectivity index (χ2n) is 15.6. The van der Waals surface area contributed by atoms with Gasteiger partial charge in [-0.3, -0.25) is 0 Å². The van der Waals surface area contributed by atoms with Crippen LogP contribution in [0.4, 0.5) is 0 Å². The van der Waals surface area contributed by atoms with E-state index in [0.717, 1.165) is 0 Å². The van der Waals surface area contributed by atoms with Crippen molar-refractivity contribution in [2.45, 2.75) is 252 Å². The monoisotopic (exact) mass is 641 g/mol. The molecule has 0 aromatic heterocycles. The Kier molecular flexibility index (Phi) is 29.3. The molecular weight excluding hydrogens is 556 g/mol. The van der Waals surface area contributed by atoms with E-state index in [1.807, 2.05) is 0 Å². The van der Waals surface area contributed by atoms with E-state index in [1.54, 1.807) is 0 Å². The molecular formula is C45H84O. The summed E-state index contributed by atoms with van der Waals surface area (Å²) in [7, 11) is 0. The minimum Gasteiger partial charge on any atom is -0.507 e. The van der Waals surface area contributed by atoms with Crippen LogP contribution in [0.25, 0.3) is 0 Å². The van der Waals surface area contributed by atoms with Crippen molar-refractivity contribution in [3.8, 4) is 5.75 Å². The van der Waals surface area contributed by atoms with Crippen LogP contribution in [0.1, 0.15) is 262 Å². The third-order valence-electron chi connectivity index (χ3n) is 10.9. The molecule has 0 saturated heterocycles. The quantitative estimate of drug-likeness (QED) is 0.0743. The Balaban J connectivity index is 2.12. The van der Waals surface area contributed by atoms with Gasteiger partial charge in [0, 0.05) is 0 Å². The van der Waals surface area contributed by atoms with E-state index >= 15 is 0 Å². The van der Waals surface area contributed by atoms with Crippen LogP contribution < -0.4 is 0 Å². The molecule has 1 aromatic carbocycles. The summed E-state index contributed by atoms with van der Waals surface area (Å²) < 4.78 is 0. The van der Waals surface area contributed by atoms with Gasteiger partial charge in [-0.1, -0.05) is 238 Å². The summed E-state index contributed by atoms with van der Waals surface area (Å²) in [5.41, 5.74) is 3.71. The zero-order valence-corrected chi connectivity index (χ0v) is 32.4. The molecule has 1 N–H and O–H groups in total. The van der Waals surface area contributed by atoms with Crippen molar-refractivity contribution in [3.63, 3.8) is 0 Å². The molecule has 0 radical (unpaired) electrons. The number of hydrogen-bond acceptors (Lipinski definition) is 1. The Morgan fingerprint density at radius 3 is 0.848 bits per heavy atom. The van der Waals surface area contributed by atoms with E-state index in [2.05, 4.69) is 46.8 Å². The van der Waals surface area contributed by atoms with Gasteiger partial charge in [0.1, 0.15) is 5.75 Å². The fourth-order valence-electron chi connectivity index (χ4n) is 7.54. The summed E-state index contributed by atoms with van der Waals surface area (Å²) in [6.45, 7) is 11.5. The lowest BCUT2D eigenvalue weighted by Crippen LogP contribution is -2.02. The maximum Gasteiger partial charge on any atom is 0.122 e. The SMILES string of the molecule is CCCCCCCCCCCCCCCCCC(C)c1cc(C)cc(C(C)CCCCCCCCCCCCCCCCC)c1O. The molecule has 0 aliphatic heterocycles. The van der Waals surface area contributed by atoms with Crippen molar-refractivity contribution < 1.29 is 5.11 Å². The molecule has 2 unspecified atom stereocenters. The van der Waals surface area contributed by atoms with Crippen LogP contribution in [0.2, 0.25) is 0 Å². The Morgan fingerprint density at radius 1 is 0.391 bits per heavy atom. The second-order valence-corrected chi connectivity index (χ2v) is 15.6. The van der Waals surface area contributed by atoms with Gasteiger partial charge in [-0.2, -0.15) is 0 Å². The Morgan fingerprint density at radius 2 is 0.609 bits per heavy atom. The summed E-state index contributed by atoms with van der Waals surface area (Å²) in [6, 6.07) is 4.52. The number of hydrogen-bond donors (Lipinski definition) is 1. The van der Waals surface area contributed by atoms with Crippen molar-refractivity contribution in [1.29, 1.82) is 0 Å². The molecule has 1 rings (SSSR count). The van der Waals surface area contributed by atoms with Crippen LogP contribution in [0, 0.1) is 6.92 Å². The standard InChI is InChI=1S/C45H84O/c1-6-8-10-12-14-16-18-20-22-24-26-28-30-32-34-36-41(4)43-38-40(3)39-44(45(43)46)42(5)37-35-33-31-29-27-25-23-21-19-17-15-13-11-9-7-2/h38-39,41-42,46H,6-37H2,1-5H3. The molecule has 46 heavy (non-hydrogen) atoms. The molecule has 0 aliphatic carbocycles. The fraction of sp³-hybridized carbons (Fsp3) is 0.867. The van der Waals surface area contributed by atoms with Crippen LogP contribution in [0.15, 0.2) is 12.1 Å². The normalized spacial score (nSPS) is 13.0. The lowest BCUT2D eigenvalue weighted by molar-refractivity contribution is 0.441. The smallest absolute Gasteiger partial charge is 0.122 e. The second kappa shape index (κ2) is 31.3. The first-order chi connectivity index (χ1) is 22.5. The van der Waals surface area contributed by atoms with Gasteiger partial charge < -0.3 is 5.11 Å². The molecule has 0 fully saturated rings. The highest BCUT2D eigenvalue weighted by atomic mass is 16.3. The highest BCUT2D eigenvalue weighted by Crippen LogP contribution is 2.38. The van der Waals surface area contributed by atoms with Crippen molar-refractivity contribution in [2.24, 2.45) is 0 Å². The van der Waals surface area contributed by atoms with Gasteiger partial charge in [0.2, 0.25) is 0 Å². The molecule has 270 valence electrons. The minimum absolute atomic E-state index is 0.443. The first-order valence-electron chi connectivity index (χ1n) is 21.3. The number of aromatic hydroxyl groups is 1. The fourth-order valence-corrected chi connectivity index (χ4v) is 7.54. The zero-order valence-electron chi connectivity index (χ0n) is 32.4. The van der Waals surface area contributed by atoms with Gasteiger partial charge >= 0.3 is 0 Å². The molecule has 0 amide bonds. The van der Waals surface area contributed by atoms with Crippen LogP contribution in [-0.2, 0) is 0 Å². The van der Waals surface area contributed by atoms with Crippen molar-refractivity contribution >= 4 is 0 Å². The topological polar surface area (TPSA) is 20.2 Å². The first kappa shape index (κ1) is 43.0. The summed E-state index contributed by atoms with van der Waals surface area (Å²) >= 11 is 0. The summed E-state index contributed by atoms with van der Waals surface area (Å²) in [5, 5.41) is 11.3. The van der Waals surface area contributed by atoms with Crippen LogP contribution in [0.5, 0.6) is 5.75 Å². The molecule has 0 heterocycles. The maximum absolute atomic E-state index is 11.3. The Bertz CT molecular complexity index is 720. The first-order valence-corrected chi connectivity index (χ1v) is 21.3. The maximum atomic E-state index is 11.3. The predicted molar refractivity (Wildman–Crippen MR) is 209 cm³/mol. The molecule has 0 spiro atoms. The van der Waals surface area contributed by atoms with Gasteiger partial charge in [0.25, 0.3) is 0 Å². The average molecular weight is 641 g/mol. The van der Waals surface area contributed by atoms with E-state index in [4.69, 9.17) is 0 Å². The molecule has 1 nitrogen and oxygen atoms in total. The van der Waals surface area contributed by atoms with E-state index < -0.39 is 0 Å². The van der Waals surface area contributed by atoms with Crippen LogP contribution in [0.3, 0.4) is 0 Å². The number of phenolic OH excluding ortho intramolecular Hbond substituents is 1. The molecule has 0 bridgehead atoms. The molecule has 0 aliphatic rings. The number of rotatable bonds is 34. The van der Waals surface area contributed by atoms with E-state index in [0.29, 0.717) is 17.6 Å². The molecule has 2 atom stereocenters. The van der Waals surface area contributed by atoms with Gasteiger partial charge in [0.15, 0.2) is 0 Å². The van der Waals surface area contributed by atoms with E-state index in [9.17, 15) is 5.11 Å². The lowest BCUT2D eigenvalue weighted by Gasteiger charge is -2.21. The van der Waals surface area contributed by atoms with Crippen molar-refractivity contribution in [1.82, 2.24) is 0 Å². The number of unbranched alkanes of at least 4 members (excludes halogenated alkanes) is 28. The Labute approximate surface area is 290 Å². The molecule has 1 aromatic rings. The van der Waals surface area contributed by atoms with Gasteiger partial charge in [-0.25, -0.2) is 0 Å². The zero-order chi connectivity index (χ0) is 33.5. The van der Waals surface area contributed by atoms with Crippen molar-refractivity contribution in [3.05, 3.63) is 28.8 Å². The van der Waals surface area contributed by atoms with Crippen LogP contribution >= 0.6 is 0 Å². The lowest BCUT2D eigenvalue weighted by atomic mass is 9.86. The summed E-state index contributed by atoms with van der Waals surface area (Å²) in [6.07, 6.45) is 44.8. The highest BCUT2D eigenvalue weighted by Gasteiger charge is 2.18. The summed E-state index contributed by atoms with van der Waals surface area (Å²) in [4.78, 5) is 0. The van der Waals surface area contributed by atoms with Gasteiger partial charge in [-0.15, -0.1) is 0 Å². The third kappa shape index (κ3) is 23.4. The van der Waals surface area contributed by atoms with Crippen LogP contribution in [-0.4, -0.2) is 5.11 Å². The van der Waals surface area contributed by atoms with Gasteiger partial charge in [0.05, 0.1) is 0 Å². The van der Waals surface area contributed by atoms with E-state index in [-0.39, 0.29) is 0 Å². The summed E-state index contributed by atoms with van der Waals surface area (Å²) in [5.74, 6) is 1.49. The number of benzene rings is 1. The number of aryl methyl sites for hydroxylation is 1. The molecule has 1 heteroatoms. The van der Waals surface area contributed by atoms with Crippen molar-refractivity contribution in [2.75, 3.05) is 0 Å². The van der Waals surface area contributed by atoms with E-state index in [1.165, 1.54) is 222 Å². The predicted octanol–water partition coefficient (Wildman–Crippen LogP) is 16.4. The highest BCUT2D eigenvalue weighted by molar-refractivity contribution is 5.46. The third-order valence-corrected chi connectivity index (χ3v) is 10.9. The average Bonchev–Trinajstić information content (AvgIpc) is 3.05. The molecule has 0 saturated carbocycles. The minimum atomic E-state index is 0.443. The Hall–Kier alpha value is -0.980. The number of phenols is 1.